The largest absolute Gasteiger partial charge is 0.356 e. The van der Waals surface area contributed by atoms with Gasteiger partial charge >= 0.3 is 0 Å². The zero-order valence-corrected chi connectivity index (χ0v) is 16.9. The molecule has 3 heterocycles. The van der Waals surface area contributed by atoms with E-state index in [-0.39, 0.29) is 22.3 Å². The highest BCUT2D eigenvalue weighted by atomic mass is 16.1. The number of hydrogen-bond acceptors (Lipinski definition) is 4. The van der Waals surface area contributed by atoms with Gasteiger partial charge in [-0.2, -0.15) is 0 Å². The maximum absolute atomic E-state index is 12.6. The molecular weight excluding hydrogens is 340 g/mol. The van der Waals surface area contributed by atoms with Gasteiger partial charge in [-0.15, -0.1) is 0 Å². The lowest BCUT2D eigenvalue weighted by Gasteiger charge is -2.42. The van der Waals surface area contributed by atoms with E-state index in [0.717, 1.165) is 75.2 Å². The van der Waals surface area contributed by atoms with Crippen LogP contribution in [0.5, 0.6) is 0 Å². The lowest BCUT2D eigenvalue weighted by molar-refractivity contribution is -0.120. The van der Waals surface area contributed by atoms with Crippen LogP contribution >= 0.6 is 0 Å². The van der Waals surface area contributed by atoms with Crippen LogP contribution in [0.25, 0.3) is 0 Å². The van der Waals surface area contributed by atoms with Crippen molar-refractivity contribution in [2.24, 2.45) is 0 Å². The first-order valence-corrected chi connectivity index (χ1v) is 10.4. The number of hydrogen-bond donors (Lipinski definition) is 2. The number of rotatable bonds is 1. The molecule has 1 aromatic heterocycles. The highest BCUT2D eigenvalue weighted by molar-refractivity contribution is 5.76. The van der Waals surface area contributed by atoms with Crippen LogP contribution in [0, 0.1) is 0 Å². The minimum absolute atomic E-state index is 0.0672. The minimum atomic E-state index is -0.154. The van der Waals surface area contributed by atoms with Crippen molar-refractivity contribution >= 4 is 5.91 Å². The Balaban J connectivity index is 1.54. The molecule has 0 aromatic carbocycles. The molecule has 3 aliphatic rings. The summed E-state index contributed by atoms with van der Waals surface area (Å²) in [5.41, 5.74) is 1.98. The van der Waals surface area contributed by atoms with E-state index in [1.807, 2.05) is 0 Å². The minimum Gasteiger partial charge on any atom is -0.356 e. The number of piperidine rings is 1. The number of nitrogens with one attached hydrogen (secondary N) is 2. The predicted molar refractivity (Wildman–Crippen MR) is 105 cm³/mol. The molecular formula is C21H32N4O2. The van der Waals surface area contributed by atoms with Crippen molar-refractivity contribution in [3.8, 4) is 0 Å². The average molecular weight is 373 g/mol. The van der Waals surface area contributed by atoms with Crippen LogP contribution in [0.4, 0.5) is 0 Å². The maximum atomic E-state index is 12.6. The van der Waals surface area contributed by atoms with Crippen LogP contribution in [-0.2, 0) is 22.0 Å². The summed E-state index contributed by atoms with van der Waals surface area (Å²) in [4.78, 5) is 34.9. The number of nitrogens with zero attached hydrogens (tertiary/aromatic N) is 2. The summed E-state index contributed by atoms with van der Waals surface area (Å²) in [6.45, 7) is 9.17. The van der Waals surface area contributed by atoms with Crippen molar-refractivity contribution in [2.45, 2.75) is 82.6 Å². The first-order chi connectivity index (χ1) is 12.8. The third-order valence-electron chi connectivity index (χ3n) is 6.86. The zero-order valence-electron chi connectivity index (χ0n) is 16.9. The van der Waals surface area contributed by atoms with Crippen LogP contribution < -0.4 is 10.9 Å². The van der Waals surface area contributed by atoms with Gasteiger partial charge in [0, 0.05) is 35.4 Å². The van der Waals surface area contributed by atoms with Crippen LogP contribution in [-0.4, -0.2) is 46.5 Å². The van der Waals surface area contributed by atoms with Gasteiger partial charge in [0.05, 0.1) is 5.69 Å². The molecule has 1 atom stereocenters. The molecule has 27 heavy (non-hydrogen) atoms. The Hall–Kier alpha value is -1.69. The smallest absolute Gasteiger partial charge is 0.254 e. The van der Waals surface area contributed by atoms with Gasteiger partial charge in [0.2, 0.25) is 5.91 Å². The van der Waals surface area contributed by atoms with Gasteiger partial charge in [0.1, 0.15) is 5.82 Å². The Morgan fingerprint density at radius 2 is 1.81 bits per heavy atom. The summed E-state index contributed by atoms with van der Waals surface area (Å²) < 4.78 is 0. The molecule has 2 fully saturated rings. The standard InChI is InChI=1S/C21H32N4O2/c1-20(2,3)19-23-17-15(18(27)24-19)6-8-21(17)9-12-25(13-10-21)14-4-5-16(26)22-11-7-14/h14H,4-13H2,1-3H3,(H,22,26)(H,23,24,27). The molecule has 1 unspecified atom stereocenters. The Kier molecular flexibility index (Phi) is 4.65. The average Bonchev–Trinajstić information content (AvgIpc) is 2.82. The summed E-state index contributed by atoms with van der Waals surface area (Å²) in [5, 5.41) is 2.99. The normalized spacial score (nSPS) is 25.9. The number of H-pyrrole nitrogens is 1. The Morgan fingerprint density at radius 1 is 1.07 bits per heavy atom. The van der Waals surface area contributed by atoms with E-state index in [1.165, 1.54) is 0 Å². The van der Waals surface area contributed by atoms with Crippen molar-refractivity contribution < 1.29 is 4.79 Å². The Bertz CT molecular complexity index is 784. The van der Waals surface area contributed by atoms with E-state index in [9.17, 15) is 9.59 Å². The third-order valence-corrected chi connectivity index (χ3v) is 6.86. The fraction of sp³-hybridized carbons (Fsp3) is 0.762. The number of aromatic nitrogens is 2. The summed E-state index contributed by atoms with van der Waals surface area (Å²) in [7, 11) is 0. The van der Waals surface area contributed by atoms with Crippen LogP contribution in [0.2, 0.25) is 0 Å². The molecule has 0 bridgehead atoms. The van der Waals surface area contributed by atoms with E-state index in [1.54, 1.807) is 0 Å². The molecule has 0 radical (unpaired) electrons. The lowest BCUT2D eigenvalue weighted by atomic mass is 9.75. The summed E-state index contributed by atoms with van der Waals surface area (Å²) in [5.74, 6) is 0.997. The maximum Gasteiger partial charge on any atom is 0.254 e. The number of aromatic amines is 1. The Morgan fingerprint density at radius 3 is 2.52 bits per heavy atom. The molecule has 2 N–H and O–H groups in total. The second kappa shape index (κ2) is 6.73. The van der Waals surface area contributed by atoms with Crippen molar-refractivity contribution in [3.63, 3.8) is 0 Å². The fourth-order valence-corrected chi connectivity index (χ4v) is 5.08. The van der Waals surface area contributed by atoms with E-state index >= 15 is 0 Å². The number of fused-ring (bicyclic) bond motifs is 2. The van der Waals surface area contributed by atoms with Crippen molar-refractivity contribution in [3.05, 3.63) is 27.4 Å². The molecule has 148 valence electrons. The van der Waals surface area contributed by atoms with Gasteiger partial charge in [0.25, 0.3) is 5.56 Å². The highest BCUT2D eigenvalue weighted by Gasteiger charge is 2.45. The number of likely N-dealkylation sites (tertiary alicyclic amines) is 1. The summed E-state index contributed by atoms with van der Waals surface area (Å²) in [6.07, 6.45) is 6.67. The molecule has 0 saturated carbocycles. The van der Waals surface area contributed by atoms with Gasteiger partial charge in [0.15, 0.2) is 0 Å². The molecule has 2 saturated heterocycles. The molecule has 6 nitrogen and oxygen atoms in total. The van der Waals surface area contributed by atoms with Crippen molar-refractivity contribution in [1.82, 2.24) is 20.2 Å². The number of carbonyl (C=O) groups excluding carboxylic acids is 1. The van der Waals surface area contributed by atoms with Crippen LogP contribution in [0.3, 0.4) is 0 Å². The van der Waals surface area contributed by atoms with E-state index in [4.69, 9.17) is 4.98 Å². The van der Waals surface area contributed by atoms with Crippen LogP contribution in [0.15, 0.2) is 4.79 Å². The molecule has 1 aromatic rings. The zero-order chi connectivity index (χ0) is 19.2. The number of carbonyl (C=O) groups is 1. The van der Waals surface area contributed by atoms with Gasteiger partial charge in [-0.1, -0.05) is 20.8 Å². The first-order valence-electron chi connectivity index (χ1n) is 10.4. The molecule has 1 aliphatic carbocycles. The predicted octanol–water partition coefficient (Wildman–Crippen LogP) is 2.02. The Labute approximate surface area is 161 Å². The van der Waals surface area contributed by atoms with Crippen LogP contribution in [0.1, 0.15) is 76.4 Å². The SMILES string of the molecule is CC(C)(C)c1nc2c(c(=O)[nH]1)CCC21CCN(C2CCNC(=O)CC2)CC1. The second-order valence-electron chi connectivity index (χ2n) is 9.64. The van der Waals surface area contributed by atoms with E-state index in [2.05, 4.69) is 36.0 Å². The van der Waals surface area contributed by atoms with Gasteiger partial charge in [-0.25, -0.2) is 4.98 Å². The molecule has 6 heteroatoms. The quantitative estimate of drug-likeness (QED) is 0.791. The highest BCUT2D eigenvalue weighted by Crippen LogP contribution is 2.45. The fourth-order valence-electron chi connectivity index (χ4n) is 5.08. The van der Waals surface area contributed by atoms with Crippen molar-refractivity contribution in [2.75, 3.05) is 19.6 Å². The third kappa shape index (κ3) is 3.44. The van der Waals surface area contributed by atoms with Gasteiger partial charge < -0.3 is 15.2 Å². The molecule has 2 aliphatic heterocycles. The molecule has 1 spiro atoms. The topological polar surface area (TPSA) is 78.1 Å². The summed E-state index contributed by atoms with van der Waals surface area (Å²) >= 11 is 0. The van der Waals surface area contributed by atoms with E-state index in [0.29, 0.717) is 12.5 Å². The van der Waals surface area contributed by atoms with Gasteiger partial charge in [-0.05, 0) is 51.6 Å². The number of amides is 1. The first kappa shape index (κ1) is 18.7. The monoisotopic (exact) mass is 372 g/mol. The molecule has 1 amide bonds. The van der Waals surface area contributed by atoms with E-state index < -0.39 is 0 Å². The van der Waals surface area contributed by atoms with Gasteiger partial charge in [-0.3, -0.25) is 9.59 Å². The lowest BCUT2D eigenvalue weighted by Crippen LogP contribution is -2.47. The van der Waals surface area contributed by atoms with Crippen molar-refractivity contribution in [1.29, 1.82) is 0 Å². The summed E-state index contributed by atoms with van der Waals surface area (Å²) in [6, 6.07) is 0.499. The molecule has 4 rings (SSSR count). The second-order valence-corrected chi connectivity index (χ2v) is 9.64.